The summed E-state index contributed by atoms with van der Waals surface area (Å²) < 4.78 is 11.7. The number of nitrogens with zero attached hydrogens (tertiary/aromatic N) is 3. The maximum atomic E-state index is 12.8. The third-order valence-electron chi connectivity index (χ3n) is 4.43. The molecule has 1 atom stereocenters. The zero-order valence-electron chi connectivity index (χ0n) is 13.3. The number of para-hydroxylation sites is 2. The first-order chi connectivity index (χ1) is 11.6. The molecule has 0 N–H and O–H groups in total. The second-order valence-corrected chi connectivity index (χ2v) is 6.03. The van der Waals surface area contributed by atoms with Crippen molar-refractivity contribution in [2.75, 3.05) is 6.54 Å². The van der Waals surface area contributed by atoms with E-state index in [4.69, 9.17) is 8.94 Å². The molecule has 2 aromatic heterocycles. The summed E-state index contributed by atoms with van der Waals surface area (Å²) in [4.78, 5) is 26.6. The minimum absolute atomic E-state index is 0.0385. The van der Waals surface area contributed by atoms with Crippen LogP contribution in [-0.2, 0) is 11.3 Å². The summed E-state index contributed by atoms with van der Waals surface area (Å²) in [7, 11) is 0. The Labute approximate surface area is 137 Å². The van der Waals surface area contributed by atoms with E-state index in [1.807, 2.05) is 19.1 Å². The highest BCUT2D eigenvalue weighted by Crippen LogP contribution is 2.31. The highest BCUT2D eigenvalue weighted by molar-refractivity contribution is 5.80. The Balaban J connectivity index is 1.61. The minimum Gasteiger partial charge on any atom is -0.408 e. The zero-order chi connectivity index (χ0) is 16.7. The lowest BCUT2D eigenvalue weighted by atomic mass is 10.1. The van der Waals surface area contributed by atoms with Crippen LogP contribution in [0.25, 0.3) is 11.1 Å². The van der Waals surface area contributed by atoms with Gasteiger partial charge < -0.3 is 13.8 Å². The molecule has 0 bridgehead atoms. The second kappa shape index (κ2) is 5.67. The molecule has 4 rings (SSSR count). The Morgan fingerprint density at radius 3 is 3.00 bits per heavy atom. The molecule has 7 nitrogen and oxygen atoms in total. The maximum absolute atomic E-state index is 12.8. The zero-order valence-corrected chi connectivity index (χ0v) is 13.3. The maximum Gasteiger partial charge on any atom is 0.420 e. The van der Waals surface area contributed by atoms with Gasteiger partial charge in [0, 0.05) is 12.6 Å². The normalized spacial score (nSPS) is 17.7. The van der Waals surface area contributed by atoms with E-state index in [9.17, 15) is 9.59 Å². The van der Waals surface area contributed by atoms with Crippen molar-refractivity contribution in [2.24, 2.45) is 0 Å². The molecular weight excluding hydrogens is 310 g/mol. The SMILES string of the molecule is Cc1cc([C@H]2CCCN2C(=O)Cn2c(=O)oc3ccccc32)no1. The largest absolute Gasteiger partial charge is 0.420 e. The van der Waals surface area contributed by atoms with Crippen molar-refractivity contribution in [1.29, 1.82) is 0 Å². The molecule has 0 radical (unpaired) electrons. The van der Waals surface area contributed by atoms with Crippen LogP contribution in [0.4, 0.5) is 0 Å². The fraction of sp³-hybridized carbons (Fsp3) is 0.353. The number of benzene rings is 1. The number of carbonyl (C=O) groups excluding carboxylic acids is 1. The molecule has 1 aromatic carbocycles. The van der Waals surface area contributed by atoms with Gasteiger partial charge in [-0.1, -0.05) is 17.3 Å². The Bertz CT molecular complexity index is 952. The second-order valence-electron chi connectivity index (χ2n) is 6.03. The average molecular weight is 327 g/mol. The van der Waals surface area contributed by atoms with E-state index in [0.29, 0.717) is 17.6 Å². The van der Waals surface area contributed by atoms with Gasteiger partial charge in [-0.3, -0.25) is 9.36 Å². The first kappa shape index (κ1) is 14.7. The number of oxazole rings is 1. The third-order valence-corrected chi connectivity index (χ3v) is 4.43. The summed E-state index contributed by atoms with van der Waals surface area (Å²) in [5.74, 6) is 0.0886. The Morgan fingerprint density at radius 1 is 1.38 bits per heavy atom. The fourth-order valence-corrected chi connectivity index (χ4v) is 3.31. The standard InChI is InChI=1S/C17H17N3O4/c1-11-9-12(18-24-11)13-6-4-8-19(13)16(21)10-20-14-5-2-3-7-15(14)23-17(20)22/h2-3,5,7,9,13H,4,6,8,10H2,1H3/t13-/m1/s1. The van der Waals surface area contributed by atoms with E-state index in [0.717, 1.165) is 24.3 Å². The molecule has 124 valence electrons. The van der Waals surface area contributed by atoms with Crippen molar-refractivity contribution in [2.45, 2.75) is 32.4 Å². The predicted molar refractivity (Wildman–Crippen MR) is 85.4 cm³/mol. The highest BCUT2D eigenvalue weighted by atomic mass is 16.5. The number of carbonyl (C=O) groups is 1. The number of likely N-dealkylation sites (tertiary alicyclic amines) is 1. The third kappa shape index (κ3) is 2.42. The number of amides is 1. The van der Waals surface area contributed by atoms with Gasteiger partial charge in [-0.15, -0.1) is 0 Å². The number of hydrogen-bond donors (Lipinski definition) is 0. The van der Waals surface area contributed by atoms with Crippen LogP contribution >= 0.6 is 0 Å². The van der Waals surface area contributed by atoms with Crippen molar-refractivity contribution in [3.05, 3.63) is 52.3 Å². The quantitative estimate of drug-likeness (QED) is 0.737. The van der Waals surface area contributed by atoms with Crippen LogP contribution in [0.5, 0.6) is 0 Å². The summed E-state index contributed by atoms with van der Waals surface area (Å²) in [5, 5.41) is 4.04. The molecule has 1 fully saturated rings. The summed E-state index contributed by atoms with van der Waals surface area (Å²) in [6, 6.07) is 8.86. The monoisotopic (exact) mass is 327 g/mol. The van der Waals surface area contributed by atoms with E-state index in [1.54, 1.807) is 23.1 Å². The summed E-state index contributed by atoms with van der Waals surface area (Å²) in [5.41, 5.74) is 1.88. The molecule has 1 saturated heterocycles. The van der Waals surface area contributed by atoms with Crippen LogP contribution in [-0.4, -0.2) is 27.1 Å². The van der Waals surface area contributed by atoms with Crippen molar-refractivity contribution < 1.29 is 13.7 Å². The van der Waals surface area contributed by atoms with Crippen LogP contribution in [0.15, 0.2) is 44.1 Å². The molecule has 3 aromatic rings. The van der Waals surface area contributed by atoms with E-state index in [1.165, 1.54) is 4.57 Å². The van der Waals surface area contributed by atoms with Gasteiger partial charge in [0.2, 0.25) is 5.91 Å². The molecule has 0 unspecified atom stereocenters. The minimum atomic E-state index is -0.516. The topological polar surface area (TPSA) is 81.5 Å². The van der Waals surface area contributed by atoms with Gasteiger partial charge in [-0.05, 0) is 31.9 Å². The average Bonchev–Trinajstić information content (AvgIpc) is 3.27. The van der Waals surface area contributed by atoms with Crippen LogP contribution in [0, 0.1) is 6.92 Å². The lowest BCUT2D eigenvalue weighted by Crippen LogP contribution is -2.35. The lowest BCUT2D eigenvalue weighted by molar-refractivity contribution is -0.132. The van der Waals surface area contributed by atoms with E-state index >= 15 is 0 Å². The number of aromatic nitrogens is 2. The molecule has 0 saturated carbocycles. The number of rotatable bonds is 3. The van der Waals surface area contributed by atoms with Gasteiger partial charge in [0.1, 0.15) is 18.0 Å². The number of fused-ring (bicyclic) bond motifs is 1. The van der Waals surface area contributed by atoms with Crippen LogP contribution < -0.4 is 5.76 Å². The molecule has 1 aliphatic heterocycles. The highest BCUT2D eigenvalue weighted by Gasteiger charge is 2.32. The van der Waals surface area contributed by atoms with Crippen LogP contribution in [0.2, 0.25) is 0 Å². The van der Waals surface area contributed by atoms with Gasteiger partial charge in [-0.25, -0.2) is 4.79 Å². The van der Waals surface area contributed by atoms with Gasteiger partial charge in [0.25, 0.3) is 0 Å². The molecule has 1 amide bonds. The van der Waals surface area contributed by atoms with Crippen molar-refractivity contribution >= 4 is 17.0 Å². The van der Waals surface area contributed by atoms with Gasteiger partial charge >= 0.3 is 5.76 Å². The molecular formula is C17H17N3O4. The molecule has 3 heterocycles. The van der Waals surface area contributed by atoms with Crippen molar-refractivity contribution in [3.63, 3.8) is 0 Å². The molecule has 0 spiro atoms. The summed E-state index contributed by atoms with van der Waals surface area (Å²) in [6.45, 7) is 2.44. The first-order valence-electron chi connectivity index (χ1n) is 7.94. The van der Waals surface area contributed by atoms with Gasteiger partial charge in [0.05, 0.1) is 11.6 Å². The Hall–Kier alpha value is -2.83. The molecule has 24 heavy (non-hydrogen) atoms. The summed E-state index contributed by atoms with van der Waals surface area (Å²) >= 11 is 0. The summed E-state index contributed by atoms with van der Waals surface area (Å²) in [6.07, 6.45) is 1.75. The van der Waals surface area contributed by atoms with Crippen LogP contribution in [0.1, 0.15) is 30.3 Å². The van der Waals surface area contributed by atoms with Crippen LogP contribution in [0.3, 0.4) is 0 Å². The Kier molecular flexibility index (Phi) is 3.48. The molecule has 1 aliphatic rings. The Morgan fingerprint density at radius 2 is 2.21 bits per heavy atom. The van der Waals surface area contributed by atoms with Crippen molar-refractivity contribution in [1.82, 2.24) is 14.6 Å². The van der Waals surface area contributed by atoms with E-state index in [-0.39, 0.29) is 18.5 Å². The number of hydrogen-bond acceptors (Lipinski definition) is 5. The fourth-order valence-electron chi connectivity index (χ4n) is 3.31. The molecule has 0 aliphatic carbocycles. The number of aryl methyl sites for hydroxylation is 1. The van der Waals surface area contributed by atoms with Gasteiger partial charge in [0.15, 0.2) is 5.58 Å². The van der Waals surface area contributed by atoms with E-state index in [2.05, 4.69) is 5.16 Å². The van der Waals surface area contributed by atoms with E-state index < -0.39 is 5.76 Å². The van der Waals surface area contributed by atoms with Crippen molar-refractivity contribution in [3.8, 4) is 0 Å². The first-order valence-corrected chi connectivity index (χ1v) is 7.94. The lowest BCUT2D eigenvalue weighted by Gasteiger charge is -2.23. The smallest absolute Gasteiger partial charge is 0.408 e. The molecule has 7 heteroatoms. The predicted octanol–water partition coefficient (Wildman–Crippen LogP) is 2.25. The van der Waals surface area contributed by atoms with Gasteiger partial charge in [-0.2, -0.15) is 0 Å².